The van der Waals surface area contributed by atoms with E-state index in [-0.39, 0.29) is 41.8 Å². The van der Waals surface area contributed by atoms with Crippen molar-refractivity contribution in [2.24, 2.45) is 11.8 Å². The Labute approximate surface area is 172 Å². The summed E-state index contributed by atoms with van der Waals surface area (Å²) in [5.74, 6) is 0.407. The maximum atomic E-state index is 12.8. The molecule has 0 spiro atoms. The topological polar surface area (TPSA) is 113 Å². The van der Waals surface area contributed by atoms with Gasteiger partial charge in [0.25, 0.3) is 5.56 Å². The SMILES string of the molecule is CC(C)CN(CC(=O)NC1CCCCCC1)c1c(N)n(CC(C)C)c(=O)[nH]c1=O. The van der Waals surface area contributed by atoms with Crippen LogP contribution in [0.1, 0.15) is 66.2 Å². The van der Waals surface area contributed by atoms with Crippen LogP contribution in [0.25, 0.3) is 0 Å². The van der Waals surface area contributed by atoms with E-state index in [1.165, 1.54) is 17.4 Å². The molecule has 0 atom stereocenters. The van der Waals surface area contributed by atoms with E-state index < -0.39 is 11.2 Å². The summed E-state index contributed by atoms with van der Waals surface area (Å²) in [7, 11) is 0. The third kappa shape index (κ3) is 6.65. The van der Waals surface area contributed by atoms with E-state index in [0.717, 1.165) is 25.7 Å². The van der Waals surface area contributed by atoms with Crippen molar-refractivity contribution in [3.05, 3.63) is 20.8 Å². The minimum absolute atomic E-state index is 0.0435. The molecule has 29 heavy (non-hydrogen) atoms. The molecule has 1 aliphatic carbocycles. The van der Waals surface area contributed by atoms with Crippen LogP contribution >= 0.6 is 0 Å². The zero-order valence-electron chi connectivity index (χ0n) is 18.3. The third-order valence-corrected chi connectivity index (χ3v) is 5.22. The van der Waals surface area contributed by atoms with Gasteiger partial charge in [0.05, 0.1) is 6.54 Å². The molecule has 1 fully saturated rings. The van der Waals surface area contributed by atoms with Crippen molar-refractivity contribution in [3.63, 3.8) is 0 Å². The fourth-order valence-corrected chi connectivity index (χ4v) is 3.98. The van der Waals surface area contributed by atoms with Crippen LogP contribution in [0.3, 0.4) is 0 Å². The number of H-pyrrole nitrogens is 1. The first-order chi connectivity index (χ1) is 13.7. The summed E-state index contributed by atoms with van der Waals surface area (Å²) in [5, 5.41) is 3.13. The van der Waals surface area contributed by atoms with Gasteiger partial charge in [-0.2, -0.15) is 0 Å². The predicted octanol–water partition coefficient (Wildman–Crippen LogP) is 2.08. The zero-order chi connectivity index (χ0) is 21.6. The minimum Gasteiger partial charge on any atom is -0.383 e. The van der Waals surface area contributed by atoms with Crippen molar-refractivity contribution >= 4 is 17.4 Å². The van der Waals surface area contributed by atoms with Crippen molar-refractivity contribution in [1.82, 2.24) is 14.9 Å². The molecule has 2 rings (SSSR count). The number of nitrogens with two attached hydrogens (primary N) is 1. The molecule has 8 nitrogen and oxygen atoms in total. The molecule has 1 saturated carbocycles. The maximum Gasteiger partial charge on any atom is 0.330 e. The molecule has 0 unspecified atom stereocenters. The molecule has 1 aromatic rings. The molecule has 164 valence electrons. The molecule has 0 radical (unpaired) electrons. The molecule has 1 aromatic heterocycles. The molecule has 4 N–H and O–H groups in total. The molecule has 0 saturated heterocycles. The number of carbonyl (C=O) groups is 1. The van der Waals surface area contributed by atoms with E-state index in [0.29, 0.717) is 13.1 Å². The van der Waals surface area contributed by atoms with Gasteiger partial charge in [0.2, 0.25) is 5.91 Å². The van der Waals surface area contributed by atoms with Crippen LogP contribution in [0.2, 0.25) is 0 Å². The highest BCUT2D eigenvalue weighted by molar-refractivity contribution is 5.82. The van der Waals surface area contributed by atoms with Crippen molar-refractivity contribution in [3.8, 4) is 0 Å². The number of carbonyl (C=O) groups excluding carboxylic acids is 1. The summed E-state index contributed by atoms with van der Waals surface area (Å²) >= 11 is 0. The Morgan fingerprint density at radius 3 is 2.31 bits per heavy atom. The summed E-state index contributed by atoms with van der Waals surface area (Å²) in [5.41, 5.74) is 5.40. The Morgan fingerprint density at radius 1 is 1.14 bits per heavy atom. The highest BCUT2D eigenvalue weighted by atomic mass is 16.2. The number of aromatic amines is 1. The van der Waals surface area contributed by atoms with E-state index in [1.54, 1.807) is 4.90 Å². The van der Waals surface area contributed by atoms with Gasteiger partial charge in [-0.1, -0.05) is 53.4 Å². The Kier molecular flexibility index (Phi) is 8.34. The van der Waals surface area contributed by atoms with Crippen LogP contribution in [0.5, 0.6) is 0 Å². The van der Waals surface area contributed by atoms with Gasteiger partial charge in [0.1, 0.15) is 11.5 Å². The molecule has 1 amide bonds. The van der Waals surface area contributed by atoms with Crippen molar-refractivity contribution in [2.75, 3.05) is 23.7 Å². The number of nitrogens with one attached hydrogen (secondary N) is 2. The average molecular weight is 408 g/mol. The number of aromatic nitrogens is 2. The number of hydrogen-bond donors (Lipinski definition) is 3. The lowest BCUT2D eigenvalue weighted by Gasteiger charge is -2.28. The monoisotopic (exact) mass is 407 g/mol. The Hall–Kier alpha value is -2.25. The van der Waals surface area contributed by atoms with Gasteiger partial charge in [-0.05, 0) is 24.7 Å². The van der Waals surface area contributed by atoms with Gasteiger partial charge in [0.15, 0.2) is 0 Å². The standard InChI is InChI=1S/C21H37N5O3/c1-14(2)11-25(13-17(27)23-16-9-7-5-6-8-10-16)18-19(22)26(12-15(3)4)21(29)24-20(18)28/h14-16H,5-13,22H2,1-4H3,(H,23,27)(H,24,28,29). The Morgan fingerprint density at radius 2 is 1.76 bits per heavy atom. The van der Waals surface area contributed by atoms with E-state index in [9.17, 15) is 14.4 Å². The predicted molar refractivity (Wildman–Crippen MR) is 117 cm³/mol. The highest BCUT2D eigenvalue weighted by Gasteiger charge is 2.23. The second-order valence-electron chi connectivity index (χ2n) is 9.03. The molecular formula is C21H37N5O3. The van der Waals surface area contributed by atoms with Crippen LogP contribution in [-0.4, -0.2) is 34.6 Å². The van der Waals surface area contributed by atoms with Gasteiger partial charge in [-0.15, -0.1) is 0 Å². The van der Waals surface area contributed by atoms with Crippen LogP contribution in [0.4, 0.5) is 11.5 Å². The lowest BCUT2D eigenvalue weighted by Crippen LogP contribution is -2.46. The smallest absolute Gasteiger partial charge is 0.330 e. The Bertz CT molecular complexity index is 788. The van der Waals surface area contributed by atoms with Crippen molar-refractivity contribution in [2.45, 2.75) is 78.8 Å². The first-order valence-electron chi connectivity index (χ1n) is 10.9. The number of nitrogen functional groups attached to an aromatic ring is 1. The molecule has 0 aliphatic heterocycles. The fraction of sp³-hybridized carbons (Fsp3) is 0.762. The highest BCUT2D eigenvalue weighted by Crippen LogP contribution is 2.20. The first kappa shape index (κ1) is 23.0. The summed E-state index contributed by atoms with van der Waals surface area (Å²) in [6.07, 6.45) is 6.70. The number of anilines is 2. The molecule has 0 aromatic carbocycles. The van der Waals surface area contributed by atoms with Gasteiger partial charge in [-0.25, -0.2) is 4.79 Å². The quantitative estimate of drug-likeness (QED) is 0.571. The van der Waals surface area contributed by atoms with Gasteiger partial charge in [0, 0.05) is 19.1 Å². The normalized spacial score (nSPS) is 15.5. The summed E-state index contributed by atoms with van der Waals surface area (Å²) < 4.78 is 1.39. The fourth-order valence-electron chi connectivity index (χ4n) is 3.98. The number of amides is 1. The maximum absolute atomic E-state index is 12.8. The van der Waals surface area contributed by atoms with Gasteiger partial charge in [-0.3, -0.25) is 19.1 Å². The zero-order valence-corrected chi connectivity index (χ0v) is 18.3. The van der Waals surface area contributed by atoms with E-state index in [1.807, 2.05) is 27.7 Å². The van der Waals surface area contributed by atoms with E-state index >= 15 is 0 Å². The van der Waals surface area contributed by atoms with Crippen molar-refractivity contribution in [1.29, 1.82) is 0 Å². The van der Waals surface area contributed by atoms with Crippen LogP contribution in [0, 0.1) is 11.8 Å². The minimum atomic E-state index is -0.546. The van der Waals surface area contributed by atoms with E-state index in [4.69, 9.17) is 5.73 Å². The Balaban J connectivity index is 2.28. The van der Waals surface area contributed by atoms with Crippen LogP contribution in [0.15, 0.2) is 9.59 Å². The number of hydrogen-bond acceptors (Lipinski definition) is 5. The summed E-state index contributed by atoms with van der Waals surface area (Å²) in [6, 6.07) is 0.191. The number of nitrogens with zero attached hydrogens (tertiary/aromatic N) is 2. The molecular weight excluding hydrogens is 370 g/mol. The first-order valence-corrected chi connectivity index (χ1v) is 10.9. The molecule has 0 bridgehead atoms. The summed E-state index contributed by atoms with van der Waals surface area (Å²) in [6.45, 7) is 8.92. The number of rotatable bonds is 8. The molecule has 8 heteroatoms. The van der Waals surface area contributed by atoms with Crippen LogP contribution in [-0.2, 0) is 11.3 Å². The van der Waals surface area contributed by atoms with Gasteiger partial charge < -0.3 is 16.0 Å². The molecule has 1 heterocycles. The largest absolute Gasteiger partial charge is 0.383 e. The lowest BCUT2D eigenvalue weighted by molar-refractivity contribution is -0.120. The third-order valence-electron chi connectivity index (χ3n) is 5.22. The van der Waals surface area contributed by atoms with Gasteiger partial charge >= 0.3 is 5.69 Å². The lowest BCUT2D eigenvalue weighted by atomic mass is 10.1. The molecule has 1 aliphatic rings. The van der Waals surface area contributed by atoms with Crippen LogP contribution < -0.4 is 27.2 Å². The second kappa shape index (κ2) is 10.5. The van der Waals surface area contributed by atoms with Crippen molar-refractivity contribution < 1.29 is 4.79 Å². The van der Waals surface area contributed by atoms with E-state index in [2.05, 4.69) is 10.3 Å². The summed E-state index contributed by atoms with van der Waals surface area (Å²) in [4.78, 5) is 41.7. The second-order valence-corrected chi connectivity index (χ2v) is 9.03. The average Bonchev–Trinajstić information content (AvgIpc) is 2.86.